The highest BCUT2D eigenvalue weighted by Gasteiger charge is 2.05. The molecule has 0 amide bonds. The summed E-state index contributed by atoms with van der Waals surface area (Å²) in [5, 5.41) is 6.33. The minimum absolute atomic E-state index is 0.257. The minimum atomic E-state index is -0.257. The molecule has 0 aliphatic carbocycles. The number of nitrogens with one attached hydrogen (secondary N) is 2. The highest BCUT2D eigenvalue weighted by Crippen LogP contribution is 2.24. The van der Waals surface area contributed by atoms with Crippen LogP contribution in [0.5, 0.6) is 0 Å². The second-order valence-electron chi connectivity index (χ2n) is 4.45. The molecular weight excluding hydrogens is 241 g/mol. The van der Waals surface area contributed by atoms with E-state index in [0.717, 1.165) is 29.9 Å². The van der Waals surface area contributed by atoms with E-state index in [1.807, 2.05) is 19.1 Å². The third-order valence-electron chi connectivity index (χ3n) is 2.81. The van der Waals surface area contributed by atoms with Gasteiger partial charge in [-0.25, -0.2) is 4.39 Å². The van der Waals surface area contributed by atoms with Crippen LogP contribution in [0, 0.1) is 12.7 Å². The van der Waals surface area contributed by atoms with Gasteiger partial charge in [0.25, 0.3) is 0 Å². The number of nitrogens with zero attached hydrogens (tertiary/aromatic N) is 1. The molecule has 0 unspecified atom stereocenters. The quantitative estimate of drug-likeness (QED) is 0.849. The molecule has 3 nitrogen and oxygen atoms in total. The number of hydrogen-bond donors (Lipinski definition) is 2. The van der Waals surface area contributed by atoms with Crippen molar-refractivity contribution in [2.75, 3.05) is 17.2 Å². The fourth-order valence-corrected chi connectivity index (χ4v) is 1.81. The monoisotopic (exact) mass is 259 g/mol. The summed E-state index contributed by atoms with van der Waals surface area (Å²) < 4.78 is 13.7. The Balaban J connectivity index is 2.19. The molecule has 0 saturated heterocycles. The molecule has 0 bridgehead atoms. The number of pyridine rings is 1. The van der Waals surface area contributed by atoms with Gasteiger partial charge in [-0.1, -0.05) is 19.1 Å². The second kappa shape index (κ2) is 6.18. The van der Waals surface area contributed by atoms with E-state index >= 15 is 0 Å². The van der Waals surface area contributed by atoms with E-state index in [9.17, 15) is 4.39 Å². The molecule has 100 valence electrons. The Labute approximate surface area is 112 Å². The van der Waals surface area contributed by atoms with E-state index < -0.39 is 0 Å². The maximum atomic E-state index is 13.7. The molecule has 4 heteroatoms. The lowest BCUT2D eigenvalue weighted by molar-refractivity contribution is 0.631. The van der Waals surface area contributed by atoms with Crippen molar-refractivity contribution >= 4 is 17.1 Å². The van der Waals surface area contributed by atoms with Crippen LogP contribution in [0.3, 0.4) is 0 Å². The van der Waals surface area contributed by atoms with E-state index in [-0.39, 0.29) is 5.82 Å². The Morgan fingerprint density at radius 3 is 2.74 bits per heavy atom. The fourth-order valence-electron chi connectivity index (χ4n) is 1.81. The van der Waals surface area contributed by atoms with Crippen molar-refractivity contribution in [3.8, 4) is 0 Å². The Hall–Kier alpha value is -2.10. The Morgan fingerprint density at radius 1 is 1.21 bits per heavy atom. The molecule has 0 radical (unpaired) electrons. The number of para-hydroxylation sites is 1. The SMILES string of the molecule is CCCNc1cncc(Nc2c(C)cccc2F)c1. The van der Waals surface area contributed by atoms with Crippen molar-refractivity contribution < 1.29 is 4.39 Å². The summed E-state index contributed by atoms with van der Waals surface area (Å²) in [6.45, 7) is 4.87. The van der Waals surface area contributed by atoms with Crippen LogP contribution in [0.1, 0.15) is 18.9 Å². The summed E-state index contributed by atoms with van der Waals surface area (Å²) in [6.07, 6.45) is 4.49. The van der Waals surface area contributed by atoms with Gasteiger partial charge in [-0.05, 0) is 31.0 Å². The van der Waals surface area contributed by atoms with E-state index in [0.29, 0.717) is 5.69 Å². The molecule has 2 rings (SSSR count). The molecule has 1 aromatic heterocycles. The smallest absolute Gasteiger partial charge is 0.146 e. The highest BCUT2D eigenvalue weighted by molar-refractivity contribution is 5.65. The van der Waals surface area contributed by atoms with Gasteiger partial charge in [-0.2, -0.15) is 0 Å². The maximum absolute atomic E-state index is 13.7. The van der Waals surface area contributed by atoms with Gasteiger partial charge in [-0.3, -0.25) is 4.98 Å². The normalized spacial score (nSPS) is 10.3. The van der Waals surface area contributed by atoms with Crippen molar-refractivity contribution in [3.63, 3.8) is 0 Å². The number of anilines is 3. The molecule has 0 fully saturated rings. The lowest BCUT2D eigenvalue weighted by Crippen LogP contribution is -2.02. The number of hydrogen-bond acceptors (Lipinski definition) is 3. The largest absolute Gasteiger partial charge is 0.384 e. The topological polar surface area (TPSA) is 37.0 Å². The van der Waals surface area contributed by atoms with Crippen LogP contribution in [-0.2, 0) is 0 Å². The average Bonchev–Trinajstić information content (AvgIpc) is 2.41. The average molecular weight is 259 g/mol. The zero-order chi connectivity index (χ0) is 13.7. The van der Waals surface area contributed by atoms with E-state index in [1.165, 1.54) is 6.07 Å². The lowest BCUT2D eigenvalue weighted by Gasteiger charge is -2.11. The molecule has 1 heterocycles. The third kappa shape index (κ3) is 3.44. The van der Waals surface area contributed by atoms with Gasteiger partial charge in [-0.15, -0.1) is 0 Å². The number of halogens is 1. The zero-order valence-corrected chi connectivity index (χ0v) is 11.2. The number of aromatic nitrogens is 1. The van der Waals surface area contributed by atoms with Gasteiger partial charge in [0.05, 0.1) is 29.5 Å². The van der Waals surface area contributed by atoms with Gasteiger partial charge in [0.15, 0.2) is 0 Å². The van der Waals surface area contributed by atoms with Crippen LogP contribution in [0.15, 0.2) is 36.7 Å². The first-order valence-corrected chi connectivity index (χ1v) is 6.41. The van der Waals surface area contributed by atoms with Crippen LogP contribution in [0.2, 0.25) is 0 Å². The highest BCUT2D eigenvalue weighted by atomic mass is 19.1. The fraction of sp³-hybridized carbons (Fsp3) is 0.267. The molecule has 0 saturated carbocycles. The maximum Gasteiger partial charge on any atom is 0.146 e. The van der Waals surface area contributed by atoms with Crippen LogP contribution >= 0.6 is 0 Å². The molecular formula is C15H18FN3. The Morgan fingerprint density at radius 2 is 2.00 bits per heavy atom. The number of benzene rings is 1. The summed E-state index contributed by atoms with van der Waals surface area (Å²) in [5.74, 6) is -0.257. The summed E-state index contributed by atoms with van der Waals surface area (Å²) in [4.78, 5) is 4.15. The number of aryl methyl sites for hydroxylation is 1. The first kappa shape index (κ1) is 13.3. The third-order valence-corrected chi connectivity index (χ3v) is 2.81. The van der Waals surface area contributed by atoms with Crippen molar-refractivity contribution in [2.45, 2.75) is 20.3 Å². The first-order chi connectivity index (χ1) is 9.20. The molecule has 0 atom stereocenters. The lowest BCUT2D eigenvalue weighted by atomic mass is 10.2. The Kier molecular flexibility index (Phi) is 4.34. The van der Waals surface area contributed by atoms with Gasteiger partial charge in [0.1, 0.15) is 5.82 Å². The molecule has 0 aliphatic rings. The molecule has 0 spiro atoms. The predicted octanol–water partition coefficient (Wildman–Crippen LogP) is 4.09. The molecule has 0 aliphatic heterocycles. The van der Waals surface area contributed by atoms with Crippen molar-refractivity contribution in [1.29, 1.82) is 0 Å². The standard InChI is InChI=1S/C15H18FN3/c1-3-7-18-12-8-13(10-17-9-12)19-15-11(2)5-4-6-14(15)16/h4-6,8-10,18-19H,3,7H2,1-2H3. The number of rotatable bonds is 5. The van der Waals surface area contributed by atoms with Gasteiger partial charge in [0, 0.05) is 6.54 Å². The van der Waals surface area contributed by atoms with Crippen LogP contribution in [-0.4, -0.2) is 11.5 Å². The van der Waals surface area contributed by atoms with E-state index in [4.69, 9.17) is 0 Å². The Bertz CT molecular complexity index is 535. The summed E-state index contributed by atoms with van der Waals surface area (Å²) in [5.41, 5.74) is 3.07. The van der Waals surface area contributed by atoms with E-state index in [1.54, 1.807) is 18.5 Å². The van der Waals surface area contributed by atoms with Crippen molar-refractivity contribution in [3.05, 3.63) is 48.0 Å². The van der Waals surface area contributed by atoms with E-state index in [2.05, 4.69) is 22.5 Å². The summed E-state index contributed by atoms with van der Waals surface area (Å²) >= 11 is 0. The minimum Gasteiger partial charge on any atom is -0.384 e. The van der Waals surface area contributed by atoms with Crippen LogP contribution in [0.25, 0.3) is 0 Å². The zero-order valence-electron chi connectivity index (χ0n) is 11.2. The first-order valence-electron chi connectivity index (χ1n) is 6.41. The molecule has 1 aromatic carbocycles. The predicted molar refractivity (Wildman–Crippen MR) is 77.4 cm³/mol. The molecule has 2 N–H and O–H groups in total. The van der Waals surface area contributed by atoms with Crippen LogP contribution in [0.4, 0.5) is 21.5 Å². The molecule has 19 heavy (non-hydrogen) atoms. The molecule has 2 aromatic rings. The van der Waals surface area contributed by atoms with Crippen LogP contribution < -0.4 is 10.6 Å². The van der Waals surface area contributed by atoms with Gasteiger partial charge in [0.2, 0.25) is 0 Å². The van der Waals surface area contributed by atoms with Gasteiger partial charge >= 0.3 is 0 Å². The van der Waals surface area contributed by atoms with Crippen molar-refractivity contribution in [2.24, 2.45) is 0 Å². The second-order valence-corrected chi connectivity index (χ2v) is 4.45. The summed E-state index contributed by atoms with van der Waals surface area (Å²) in [6, 6.07) is 6.95. The summed E-state index contributed by atoms with van der Waals surface area (Å²) in [7, 11) is 0. The van der Waals surface area contributed by atoms with Gasteiger partial charge < -0.3 is 10.6 Å². The van der Waals surface area contributed by atoms with Crippen molar-refractivity contribution in [1.82, 2.24) is 4.98 Å².